The lowest BCUT2D eigenvalue weighted by molar-refractivity contribution is -0.132. The number of rotatable bonds is 6. The van der Waals surface area contributed by atoms with Crippen LogP contribution in [-0.2, 0) is 17.6 Å². The summed E-state index contributed by atoms with van der Waals surface area (Å²) < 4.78 is 5.78. The van der Waals surface area contributed by atoms with E-state index in [1.807, 2.05) is 48.5 Å². The predicted octanol–water partition coefficient (Wildman–Crippen LogP) is 4.69. The van der Waals surface area contributed by atoms with Gasteiger partial charge in [0.05, 0.1) is 12.7 Å². The highest BCUT2D eigenvalue weighted by atomic mass is 16.3. The lowest BCUT2D eigenvalue weighted by Gasteiger charge is -2.36. The Kier molecular flexibility index (Phi) is 5.91. The second kappa shape index (κ2) is 9.13. The number of pyridine rings is 1. The first-order valence-corrected chi connectivity index (χ1v) is 11.4. The summed E-state index contributed by atoms with van der Waals surface area (Å²) in [5.41, 5.74) is 2.96. The molecular weight excluding hydrogens is 398 g/mol. The third-order valence-electron chi connectivity index (χ3n) is 6.79. The quantitative estimate of drug-likeness (QED) is 0.448. The summed E-state index contributed by atoms with van der Waals surface area (Å²) in [5.74, 6) is 0.160. The third kappa shape index (κ3) is 4.26. The Morgan fingerprint density at radius 1 is 1.09 bits per heavy atom. The summed E-state index contributed by atoms with van der Waals surface area (Å²) in [6, 6.07) is 18.7. The minimum Gasteiger partial charge on any atom is -0.464 e. The number of nitrogens with zero attached hydrogens (tertiary/aromatic N) is 3. The maximum atomic E-state index is 13.1. The van der Waals surface area contributed by atoms with Gasteiger partial charge in [0, 0.05) is 62.0 Å². The Balaban J connectivity index is 1.20. The first-order valence-electron chi connectivity index (χ1n) is 11.4. The molecule has 3 heterocycles. The van der Waals surface area contributed by atoms with E-state index < -0.39 is 0 Å². The molecule has 164 valence electrons. The molecule has 0 bridgehead atoms. The number of carbonyl (C=O) groups is 1. The van der Waals surface area contributed by atoms with E-state index in [0.29, 0.717) is 12.5 Å². The van der Waals surface area contributed by atoms with Gasteiger partial charge in [0.2, 0.25) is 5.91 Å². The van der Waals surface area contributed by atoms with Gasteiger partial charge in [0.15, 0.2) is 0 Å². The number of aromatic nitrogens is 1. The molecule has 2 aromatic carbocycles. The topological polar surface area (TPSA) is 49.6 Å². The number of furan rings is 1. The van der Waals surface area contributed by atoms with Crippen LogP contribution < -0.4 is 0 Å². The average Bonchev–Trinajstić information content (AvgIpc) is 3.26. The van der Waals surface area contributed by atoms with Gasteiger partial charge in [-0.1, -0.05) is 36.4 Å². The van der Waals surface area contributed by atoms with Gasteiger partial charge in [-0.3, -0.25) is 9.78 Å². The normalized spacial score (nSPS) is 15.4. The molecule has 0 aliphatic carbocycles. The number of hydrogen-bond donors (Lipinski definition) is 0. The number of carbonyl (C=O) groups excluding carboxylic acids is 1. The van der Waals surface area contributed by atoms with E-state index >= 15 is 0 Å². The van der Waals surface area contributed by atoms with Gasteiger partial charge in [-0.15, -0.1) is 0 Å². The lowest BCUT2D eigenvalue weighted by Crippen LogP contribution is -2.46. The molecule has 5 rings (SSSR count). The number of amides is 1. The molecule has 0 radical (unpaired) electrons. The summed E-state index contributed by atoms with van der Waals surface area (Å²) in [4.78, 5) is 22.0. The Labute approximate surface area is 188 Å². The number of piperidine rings is 1. The Morgan fingerprint density at radius 3 is 2.72 bits per heavy atom. The lowest BCUT2D eigenvalue weighted by atomic mass is 10.00. The Hall–Kier alpha value is -3.18. The first kappa shape index (κ1) is 20.7. The molecule has 1 fully saturated rings. The van der Waals surface area contributed by atoms with Crippen LogP contribution in [0.25, 0.3) is 21.7 Å². The zero-order chi connectivity index (χ0) is 21.9. The fourth-order valence-electron chi connectivity index (χ4n) is 4.84. The highest BCUT2D eigenvalue weighted by molar-refractivity contribution is 6.08. The van der Waals surface area contributed by atoms with Crippen molar-refractivity contribution in [1.82, 2.24) is 14.8 Å². The monoisotopic (exact) mass is 427 g/mol. The van der Waals surface area contributed by atoms with Crippen LogP contribution in [-0.4, -0.2) is 53.4 Å². The van der Waals surface area contributed by atoms with Crippen molar-refractivity contribution in [2.75, 3.05) is 26.7 Å². The molecular formula is C27H29N3O2. The Bertz CT molecular complexity index is 1210. The van der Waals surface area contributed by atoms with Crippen molar-refractivity contribution < 1.29 is 9.21 Å². The minimum absolute atomic E-state index is 0.160. The average molecular weight is 428 g/mol. The number of hydrogen-bond acceptors (Lipinski definition) is 4. The van der Waals surface area contributed by atoms with E-state index in [9.17, 15) is 4.79 Å². The first-order chi connectivity index (χ1) is 15.7. The fraction of sp³-hybridized carbons (Fsp3) is 0.333. The van der Waals surface area contributed by atoms with Crippen LogP contribution in [0.3, 0.4) is 0 Å². The van der Waals surface area contributed by atoms with E-state index in [1.165, 1.54) is 5.39 Å². The minimum atomic E-state index is 0.160. The molecule has 1 aliphatic heterocycles. The van der Waals surface area contributed by atoms with E-state index in [2.05, 4.69) is 34.1 Å². The fourth-order valence-corrected chi connectivity index (χ4v) is 4.84. The molecule has 1 saturated heterocycles. The molecule has 2 aromatic heterocycles. The van der Waals surface area contributed by atoms with E-state index in [4.69, 9.17) is 4.42 Å². The van der Waals surface area contributed by atoms with Crippen LogP contribution in [0.5, 0.6) is 0 Å². The zero-order valence-corrected chi connectivity index (χ0v) is 18.5. The van der Waals surface area contributed by atoms with Gasteiger partial charge in [0.1, 0.15) is 5.58 Å². The van der Waals surface area contributed by atoms with Crippen molar-refractivity contribution in [2.45, 2.75) is 31.7 Å². The summed E-state index contributed by atoms with van der Waals surface area (Å²) in [6.45, 7) is 3.07. The maximum Gasteiger partial charge on any atom is 0.227 e. The highest BCUT2D eigenvalue weighted by Crippen LogP contribution is 2.30. The SMILES string of the molecule is CN(C(=O)Cc1coc2ccc3ccccc3c12)C1CCN(CCc2ccccn2)CC1. The molecule has 5 heteroatoms. The van der Waals surface area contributed by atoms with Crippen LogP contribution in [0.2, 0.25) is 0 Å². The van der Waals surface area contributed by atoms with Crippen LogP contribution in [0, 0.1) is 0 Å². The van der Waals surface area contributed by atoms with Gasteiger partial charge in [-0.2, -0.15) is 0 Å². The van der Waals surface area contributed by atoms with Crippen LogP contribution in [0.15, 0.2) is 71.5 Å². The molecule has 0 saturated carbocycles. The third-order valence-corrected chi connectivity index (χ3v) is 6.79. The van der Waals surface area contributed by atoms with E-state index in [0.717, 1.165) is 66.5 Å². The molecule has 1 aliphatic rings. The van der Waals surface area contributed by atoms with Gasteiger partial charge >= 0.3 is 0 Å². The smallest absolute Gasteiger partial charge is 0.227 e. The summed E-state index contributed by atoms with van der Waals surface area (Å²) in [7, 11) is 1.96. The van der Waals surface area contributed by atoms with Crippen molar-refractivity contribution in [1.29, 1.82) is 0 Å². The standard InChI is InChI=1S/C27H29N3O2/c1-29(23-12-16-30(17-13-23)15-11-22-7-4-5-14-28-22)26(31)18-21-19-32-25-10-9-20-6-2-3-8-24(20)27(21)25/h2-10,14,19,23H,11-13,15-18H2,1H3. The number of likely N-dealkylation sites (N-methyl/N-ethyl adjacent to an activating group) is 1. The largest absolute Gasteiger partial charge is 0.464 e. The molecule has 1 amide bonds. The molecule has 0 spiro atoms. The van der Waals surface area contributed by atoms with Crippen molar-refractivity contribution >= 4 is 27.6 Å². The zero-order valence-electron chi connectivity index (χ0n) is 18.5. The van der Waals surface area contributed by atoms with Gasteiger partial charge in [-0.25, -0.2) is 0 Å². The molecule has 0 unspecified atom stereocenters. The summed E-state index contributed by atoms with van der Waals surface area (Å²) >= 11 is 0. The molecule has 4 aromatic rings. The van der Waals surface area contributed by atoms with Crippen molar-refractivity contribution in [3.8, 4) is 0 Å². The van der Waals surface area contributed by atoms with Gasteiger partial charge < -0.3 is 14.2 Å². The van der Waals surface area contributed by atoms with Crippen molar-refractivity contribution in [2.24, 2.45) is 0 Å². The summed E-state index contributed by atoms with van der Waals surface area (Å²) in [5, 5.41) is 3.38. The molecule has 32 heavy (non-hydrogen) atoms. The second-order valence-corrected chi connectivity index (χ2v) is 8.75. The number of fused-ring (bicyclic) bond motifs is 3. The molecule has 0 atom stereocenters. The summed E-state index contributed by atoms with van der Waals surface area (Å²) in [6.07, 6.45) is 6.98. The van der Waals surface area contributed by atoms with Crippen molar-refractivity contribution in [3.63, 3.8) is 0 Å². The predicted molar refractivity (Wildman–Crippen MR) is 128 cm³/mol. The highest BCUT2D eigenvalue weighted by Gasteiger charge is 2.26. The van der Waals surface area contributed by atoms with Gasteiger partial charge in [0.25, 0.3) is 0 Å². The van der Waals surface area contributed by atoms with Crippen molar-refractivity contribution in [3.05, 3.63) is 78.3 Å². The maximum absolute atomic E-state index is 13.1. The number of likely N-dealkylation sites (tertiary alicyclic amines) is 1. The van der Waals surface area contributed by atoms with Crippen LogP contribution in [0.4, 0.5) is 0 Å². The van der Waals surface area contributed by atoms with E-state index in [-0.39, 0.29) is 5.91 Å². The van der Waals surface area contributed by atoms with Gasteiger partial charge in [-0.05, 0) is 41.8 Å². The van der Waals surface area contributed by atoms with Crippen LogP contribution >= 0.6 is 0 Å². The second-order valence-electron chi connectivity index (χ2n) is 8.75. The van der Waals surface area contributed by atoms with Crippen LogP contribution in [0.1, 0.15) is 24.1 Å². The molecule has 5 nitrogen and oxygen atoms in total. The van der Waals surface area contributed by atoms with E-state index in [1.54, 1.807) is 6.26 Å². The Morgan fingerprint density at radius 2 is 1.91 bits per heavy atom. The number of benzene rings is 2. The molecule has 0 N–H and O–H groups in total.